The molecule has 0 heterocycles. The molecule has 0 aromatic heterocycles. The molecule has 2 nitrogen and oxygen atoms in total. The lowest BCUT2D eigenvalue weighted by molar-refractivity contribution is -0.132. The first-order valence-corrected chi connectivity index (χ1v) is 3.43. The van der Waals surface area contributed by atoms with E-state index in [9.17, 15) is 4.79 Å². The van der Waals surface area contributed by atoms with Crippen LogP contribution < -0.4 is 0 Å². The van der Waals surface area contributed by atoms with Crippen LogP contribution in [0, 0.1) is 5.92 Å². The van der Waals surface area contributed by atoms with Gasteiger partial charge < -0.3 is 5.11 Å². The Bertz CT molecular complexity index is 259. The lowest BCUT2D eigenvalue weighted by Gasteiger charge is -2.11. The minimum absolute atomic E-state index is 0.145. The predicted octanol–water partition coefficient (Wildman–Crippen LogP) is 1.76. The molecule has 0 fully saturated rings. The van der Waals surface area contributed by atoms with Gasteiger partial charge in [-0.2, -0.15) is 0 Å². The van der Waals surface area contributed by atoms with Crippen LogP contribution in [-0.4, -0.2) is 11.1 Å². The Morgan fingerprint density at radius 3 is 2.73 bits per heavy atom. The van der Waals surface area contributed by atoms with Crippen LogP contribution in [0.2, 0.25) is 0 Å². The molecule has 0 aliphatic heterocycles. The van der Waals surface area contributed by atoms with E-state index in [-0.39, 0.29) is 5.92 Å². The van der Waals surface area contributed by atoms with Crippen molar-refractivity contribution in [2.24, 2.45) is 5.92 Å². The van der Waals surface area contributed by atoms with Crippen LogP contribution in [0.1, 0.15) is 6.92 Å². The first-order chi connectivity index (χ1) is 5.11. The Hall–Kier alpha value is -1.31. The van der Waals surface area contributed by atoms with Gasteiger partial charge in [0.1, 0.15) is 0 Å². The van der Waals surface area contributed by atoms with Gasteiger partial charge in [0.15, 0.2) is 0 Å². The molecule has 0 radical (unpaired) electrons. The topological polar surface area (TPSA) is 37.3 Å². The lowest BCUT2D eigenvalue weighted by Crippen LogP contribution is -2.05. The lowest BCUT2D eigenvalue weighted by atomic mass is 9.94. The molecule has 11 heavy (non-hydrogen) atoms. The van der Waals surface area contributed by atoms with Gasteiger partial charge in [-0.3, -0.25) is 0 Å². The summed E-state index contributed by atoms with van der Waals surface area (Å²) < 4.78 is 0. The molecule has 0 amide bonds. The number of carboxylic acid groups (broad SMARTS) is 1. The summed E-state index contributed by atoms with van der Waals surface area (Å²) in [6.07, 6.45) is 5.02. The summed E-state index contributed by atoms with van der Waals surface area (Å²) in [5.41, 5.74) is 1.31. The molecule has 1 unspecified atom stereocenters. The summed E-state index contributed by atoms with van der Waals surface area (Å²) in [5.74, 6) is -0.730. The third kappa shape index (κ3) is 1.58. The standard InChI is InChI=1S/C9H10O2/c1-6-3-4-8(9(10)11)5-7(6)2/h3-5,7H,1H2,2H3,(H,10,11). The van der Waals surface area contributed by atoms with E-state index in [0.29, 0.717) is 5.57 Å². The number of hydrogen-bond acceptors (Lipinski definition) is 1. The van der Waals surface area contributed by atoms with E-state index >= 15 is 0 Å². The van der Waals surface area contributed by atoms with Crippen LogP contribution in [0.25, 0.3) is 0 Å². The molecule has 0 bridgehead atoms. The van der Waals surface area contributed by atoms with Crippen molar-refractivity contribution in [3.63, 3.8) is 0 Å². The highest BCUT2D eigenvalue weighted by molar-refractivity contribution is 5.90. The Labute approximate surface area is 65.5 Å². The molecular weight excluding hydrogens is 140 g/mol. The second kappa shape index (κ2) is 2.74. The average molecular weight is 150 g/mol. The highest BCUT2D eigenvalue weighted by Crippen LogP contribution is 2.19. The van der Waals surface area contributed by atoms with Crippen molar-refractivity contribution in [3.8, 4) is 0 Å². The van der Waals surface area contributed by atoms with Crippen molar-refractivity contribution in [3.05, 3.63) is 36.0 Å². The normalized spacial score (nSPS) is 23.2. The third-order valence-electron chi connectivity index (χ3n) is 1.74. The fourth-order valence-corrected chi connectivity index (χ4v) is 0.923. The van der Waals surface area contributed by atoms with Crippen molar-refractivity contribution < 1.29 is 9.90 Å². The van der Waals surface area contributed by atoms with E-state index in [2.05, 4.69) is 6.58 Å². The molecule has 0 spiro atoms. The van der Waals surface area contributed by atoms with E-state index in [1.807, 2.05) is 6.92 Å². The van der Waals surface area contributed by atoms with Gasteiger partial charge in [-0.15, -0.1) is 0 Å². The van der Waals surface area contributed by atoms with Gasteiger partial charge in [0.2, 0.25) is 0 Å². The summed E-state index contributed by atoms with van der Waals surface area (Å²) in [6.45, 7) is 5.69. The second-order valence-corrected chi connectivity index (χ2v) is 2.62. The van der Waals surface area contributed by atoms with E-state index in [1.165, 1.54) is 0 Å². The van der Waals surface area contributed by atoms with E-state index in [4.69, 9.17) is 5.11 Å². The molecule has 1 aliphatic rings. The molecule has 1 atom stereocenters. The zero-order valence-electron chi connectivity index (χ0n) is 6.37. The van der Waals surface area contributed by atoms with Gasteiger partial charge in [0, 0.05) is 0 Å². The van der Waals surface area contributed by atoms with Crippen molar-refractivity contribution in [2.75, 3.05) is 0 Å². The van der Waals surface area contributed by atoms with Gasteiger partial charge in [-0.1, -0.05) is 25.7 Å². The minimum atomic E-state index is -0.874. The van der Waals surface area contributed by atoms with E-state index < -0.39 is 5.97 Å². The first kappa shape index (κ1) is 7.79. The quantitative estimate of drug-likeness (QED) is 0.618. The Morgan fingerprint density at radius 2 is 2.27 bits per heavy atom. The van der Waals surface area contributed by atoms with Crippen LogP contribution in [0.3, 0.4) is 0 Å². The van der Waals surface area contributed by atoms with Crippen molar-refractivity contribution in [1.29, 1.82) is 0 Å². The fraction of sp³-hybridized carbons (Fsp3) is 0.222. The van der Waals surface area contributed by atoms with Crippen LogP contribution in [0.5, 0.6) is 0 Å². The molecule has 0 aromatic carbocycles. The number of hydrogen-bond donors (Lipinski definition) is 1. The molecule has 1 N–H and O–H groups in total. The Kier molecular flexibility index (Phi) is 1.94. The van der Waals surface area contributed by atoms with Crippen molar-refractivity contribution in [2.45, 2.75) is 6.92 Å². The van der Waals surface area contributed by atoms with Gasteiger partial charge in [-0.05, 0) is 17.6 Å². The Balaban J connectivity index is 2.88. The molecule has 0 saturated carbocycles. The summed E-state index contributed by atoms with van der Waals surface area (Å²) in [6, 6.07) is 0. The summed E-state index contributed by atoms with van der Waals surface area (Å²) in [7, 11) is 0. The maximum Gasteiger partial charge on any atom is 0.335 e. The Morgan fingerprint density at radius 1 is 1.64 bits per heavy atom. The van der Waals surface area contributed by atoms with Gasteiger partial charge >= 0.3 is 5.97 Å². The molecular formula is C9H10O2. The fourth-order valence-electron chi connectivity index (χ4n) is 0.923. The highest BCUT2D eigenvalue weighted by atomic mass is 16.4. The predicted molar refractivity (Wildman–Crippen MR) is 43.2 cm³/mol. The number of carbonyl (C=O) groups is 1. The zero-order valence-corrected chi connectivity index (χ0v) is 6.37. The van der Waals surface area contributed by atoms with Gasteiger partial charge in [0.25, 0.3) is 0 Å². The number of aliphatic carboxylic acids is 1. The van der Waals surface area contributed by atoms with Crippen LogP contribution >= 0.6 is 0 Å². The van der Waals surface area contributed by atoms with Crippen LogP contribution in [0.4, 0.5) is 0 Å². The minimum Gasteiger partial charge on any atom is -0.478 e. The van der Waals surface area contributed by atoms with E-state index in [0.717, 1.165) is 5.57 Å². The number of allylic oxidation sites excluding steroid dienone is 3. The average Bonchev–Trinajstić information content (AvgIpc) is 1.94. The molecule has 58 valence electrons. The zero-order chi connectivity index (χ0) is 8.43. The summed E-state index contributed by atoms with van der Waals surface area (Å²) in [4.78, 5) is 10.5. The van der Waals surface area contributed by atoms with Crippen LogP contribution in [0.15, 0.2) is 36.0 Å². The second-order valence-electron chi connectivity index (χ2n) is 2.62. The largest absolute Gasteiger partial charge is 0.478 e. The first-order valence-electron chi connectivity index (χ1n) is 3.43. The maximum atomic E-state index is 10.5. The van der Waals surface area contributed by atoms with Crippen molar-refractivity contribution in [1.82, 2.24) is 0 Å². The maximum absolute atomic E-state index is 10.5. The summed E-state index contributed by atoms with van der Waals surface area (Å²) in [5, 5.41) is 8.59. The molecule has 1 rings (SSSR count). The summed E-state index contributed by atoms with van der Waals surface area (Å²) >= 11 is 0. The monoisotopic (exact) mass is 150 g/mol. The molecule has 0 saturated heterocycles. The SMILES string of the molecule is C=C1C=CC(C(=O)O)=CC1C. The smallest absolute Gasteiger partial charge is 0.335 e. The number of rotatable bonds is 1. The highest BCUT2D eigenvalue weighted by Gasteiger charge is 2.11. The van der Waals surface area contributed by atoms with Gasteiger partial charge in [0.05, 0.1) is 5.57 Å². The van der Waals surface area contributed by atoms with Crippen molar-refractivity contribution >= 4 is 5.97 Å². The van der Waals surface area contributed by atoms with E-state index in [1.54, 1.807) is 18.2 Å². The number of carboxylic acids is 1. The molecule has 1 aliphatic carbocycles. The van der Waals surface area contributed by atoms with Gasteiger partial charge in [-0.25, -0.2) is 4.79 Å². The van der Waals surface area contributed by atoms with Crippen LogP contribution in [-0.2, 0) is 4.79 Å². The molecule has 0 aromatic rings. The third-order valence-corrected chi connectivity index (χ3v) is 1.74. The molecule has 2 heteroatoms.